The Hall–Kier alpha value is -3.31. The van der Waals surface area contributed by atoms with Crippen LogP contribution in [-0.2, 0) is 34.3 Å². The summed E-state index contributed by atoms with van der Waals surface area (Å²) in [4.78, 5) is 20.3. The Morgan fingerprint density at radius 1 is 1.18 bits per heavy atom. The standard InChI is InChI=1S/C23H23FN4O4S2/c1-3-4-22-26-20-11-18(7-10-21(20)27(22)13-23(29)30)28(12-17-14-33-15(2)25-17)34(31,32)19-8-5-16(24)6-9-19/h5-11,14H,3-4,12-13H2,1-2H3,(H,29,30). The zero-order valence-electron chi connectivity index (χ0n) is 18.6. The molecule has 0 unspecified atom stereocenters. The molecular formula is C23H23FN4O4S2. The van der Waals surface area contributed by atoms with Gasteiger partial charge in [-0.05, 0) is 55.8 Å². The minimum Gasteiger partial charge on any atom is -0.480 e. The molecule has 4 aromatic rings. The summed E-state index contributed by atoms with van der Waals surface area (Å²) in [7, 11) is -4.06. The lowest BCUT2D eigenvalue weighted by atomic mass is 10.2. The van der Waals surface area contributed by atoms with Crippen LogP contribution in [0.5, 0.6) is 0 Å². The van der Waals surface area contributed by atoms with Crippen LogP contribution in [0.2, 0.25) is 0 Å². The number of benzene rings is 2. The number of carbonyl (C=O) groups is 1. The fourth-order valence-electron chi connectivity index (χ4n) is 3.73. The van der Waals surface area contributed by atoms with Gasteiger partial charge in [-0.1, -0.05) is 6.92 Å². The predicted molar refractivity (Wildman–Crippen MR) is 128 cm³/mol. The topological polar surface area (TPSA) is 105 Å². The number of fused-ring (bicyclic) bond motifs is 1. The lowest BCUT2D eigenvalue weighted by Gasteiger charge is -2.24. The van der Waals surface area contributed by atoms with E-state index in [-0.39, 0.29) is 18.0 Å². The van der Waals surface area contributed by atoms with E-state index in [2.05, 4.69) is 9.97 Å². The molecule has 0 spiro atoms. The van der Waals surface area contributed by atoms with Crippen LogP contribution in [0, 0.1) is 12.7 Å². The Morgan fingerprint density at radius 2 is 1.91 bits per heavy atom. The number of aliphatic carboxylic acids is 1. The SMILES string of the molecule is CCCc1nc2cc(N(Cc3csc(C)n3)S(=O)(=O)c3ccc(F)cc3)ccc2n1CC(=O)O. The number of hydrogen-bond acceptors (Lipinski definition) is 6. The van der Waals surface area contributed by atoms with E-state index in [1.54, 1.807) is 28.1 Å². The number of aromatic nitrogens is 3. The molecule has 0 fully saturated rings. The van der Waals surface area contributed by atoms with E-state index in [1.165, 1.54) is 27.8 Å². The number of anilines is 1. The fraction of sp³-hybridized carbons (Fsp3) is 0.261. The van der Waals surface area contributed by atoms with Crippen molar-refractivity contribution in [1.82, 2.24) is 14.5 Å². The Labute approximate surface area is 200 Å². The van der Waals surface area contributed by atoms with Crippen LogP contribution < -0.4 is 4.31 Å². The average molecular weight is 503 g/mol. The highest BCUT2D eigenvalue weighted by atomic mass is 32.2. The summed E-state index contributed by atoms with van der Waals surface area (Å²) in [6.07, 6.45) is 1.37. The zero-order chi connectivity index (χ0) is 24.5. The van der Waals surface area contributed by atoms with Gasteiger partial charge in [0.2, 0.25) is 0 Å². The van der Waals surface area contributed by atoms with Crippen molar-refractivity contribution < 1.29 is 22.7 Å². The van der Waals surface area contributed by atoms with Gasteiger partial charge in [-0.15, -0.1) is 11.3 Å². The van der Waals surface area contributed by atoms with Crippen molar-refractivity contribution in [2.75, 3.05) is 4.31 Å². The number of sulfonamides is 1. The molecule has 0 aliphatic carbocycles. The van der Waals surface area contributed by atoms with Crippen molar-refractivity contribution >= 4 is 44.1 Å². The number of nitrogens with zero attached hydrogens (tertiary/aromatic N) is 4. The molecule has 0 amide bonds. The fourth-order valence-corrected chi connectivity index (χ4v) is 5.76. The molecule has 8 nitrogen and oxygen atoms in total. The minimum absolute atomic E-state index is 0.0206. The minimum atomic E-state index is -4.06. The van der Waals surface area contributed by atoms with Crippen molar-refractivity contribution in [3.63, 3.8) is 0 Å². The van der Waals surface area contributed by atoms with Gasteiger partial charge in [-0.3, -0.25) is 9.10 Å². The second kappa shape index (κ2) is 9.51. The van der Waals surface area contributed by atoms with Crippen molar-refractivity contribution in [1.29, 1.82) is 0 Å². The molecule has 4 rings (SSSR count). The molecule has 34 heavy (non-hydrogen) atoms. The third kappa shape index (κ3) is 4.80. The first-order valence-corrected chi connectivity index (χ1v) is 12.9. The quantitative estimate of drug-likeness (QED) is 0.364. The number of halogens is 1. The van der Waals surface area contributed by atoms with Gasteiger partial charge >= 0.3 is 5.97 Å². The van der Waals surface area contributed by atoms with Crippen molar-refractivity contribution in [3.05, 3.63) is 70.2 Å². The van der Waals surface area contributed by atoms with E-state index < -0.39 is 21.8 Å². The van der Waals surface area contributed by atoms with Crippen LogP contribution in [0.25, 0.3) is 11.0 Å². The van der Waals surface area contributed by atoms with E-state index in [0.29, 0.717) is 34.7 Å². The van der Waals surface area contributed by atoms with E-state index >= 15 is 0 Å². The first-order chi connectivity index (χ1) is 16.2. The summed E-state index contributed by atoms with van der Waals surface area (Å²) in [5.74, 6) is -0.894. The summed E-state index contributed by atoms with van der Waals surface area (Å²) in [6, 6.07) is 9.59. The molecule has 178 valence electrons. The van der Waals surface area contributed by atoms with Gasteiger partial charge in [-0.2, -0.15) is 0 Å². The van der Waals surface area contributed by atoms with E-state index in [9.17, 15) is 22.7 Å². The summed E-state index contributed by atoms with van der Waals surface area (Å²) in [5, 5.41) is 11.9. The highest BCUT2D eigenvalue weighted by Crippen LogP contribution is 2.30. The molecule has 0 bridgehead atoms. The maximum absolute atomic E-state index is 13.6. The smallest absolute Gasteiger partial charge is 0.323 e. The summed E-state index contributed by atoms with van der Waals surface area (Å²) in [5.41, 5.74) is 2.04. The van der Waals surface area contributed by atoms with Crippen LogP contribution in [-0.4, -0.2) is 34.0 Å². The second-order valence-electron chi connectivity index (χ2n) is 7.75. The van der Waals surface area contributed by atoms with Gasteiger partial charge in [0, 0.05) is 11.8 Å². The Bertz CT molecular complexity index is 1450. The average Bonchev–Trinajstić information content (AvgIpc) is 3.35. The summed E-state index contributed by atoms with van der Waals surface area (Å²) < 4.78 is 43.5. The Balaban J connectivity index is 1.84. The lowest BCUT2D eigenvalue weighted by Crippen LogP contribution is -2.30. The highest BCUT2D eigenvalue weighted by molar-refractivity contribution is 7.92. The Kier molecular flexibility index (Phi) is 6.67. The van der Waals surface area contributed by atoms with Gasteiger partial charge in [0.25, 0.3) is 10.0 Å². The number of carboxylic acid groups (broad SMARTS) is 1. The number of hydrogen-bond donors (Lipinski definition) is 1. The molecule has 2 heterocycles. The lowest BCUT2D eigenvalue weighted by molar-refractivity contribution is -0.137. The number of thiazole rings is 1. The third-order valence-corrected chi connectivity index (χ3v) is 7.85. The largest absolute Gasteiger partial charge is 0.480 e. The molecule has 2 aromatic carbocycles. The number of carboxylic acids is 1. The molecule has 2 aromatic heterocycles. The first kappa shape index (κ1) is 23.8. The predicted octanol–water partition coefficient (Wildman–Crippen LogP) is 4.37. The van der Waals surface area contributed by atoms with Crippen LogP contribution in [0.3, 0.4) is 0 Å². The molecule has 11 heteroatoms. The van der Waals surface area contributed by atoms with Crippen LogP contribution >= 0.6 is 11.3 Å². The molecule has 0 saturated heterocycles. The summed E-state index contributed by atoms with van der Waals surface area (Å²) in [6.45, 7) is 3.56. The molecule has 1 N–H and O–H groups in total. The highest BCUT2D eigenvalue weighted by Gasteiger charge is 2.27. The van der Waals surface area contributed by atoms with Crippen LogP contribution in [0.4, 0.5) is 10.1 Å². The molecular weight excluding hydrogens is 479 g/mol. The number of rotatable bonds is 9. The van der Waals surface area contributed by atoms with Crippen LogP contribution in [0.1, 0.15) is 29.9 Å². The second-order valence-corrected chi connectivity index (χ2v) is 10.7. The van der Waals surface area contributed by atoms with Crippen molar-refractivity contribution in [2.45, 2.75) is 44.7 Å². The Morgan fingerprint density at radius 3 is 2.53 bits per heavy atom. The van der Waals surface area contributed by atoms with Crippen molar-refractivity contribution in [2.24, 2.45) is 0 Å². The third-order valence-electron chi connectivity index (χ3n) is 5.24. The number of aryl methyl sites for hydroxylation is 2. The van der Waals surface area contributed by atoms with Gasteiger partial charge in [0.1, 0.15) is 18.2 Å². The van der Waals surface area contributed by atoms with E-state index in [0.717, 1.165) is 23.6 Å². The van der Waals surface area contributed by atoms with Gasteiger partial charge in [0.05, 0.1) is 38.9 Å². The van der Waals surface area contributed by atoms with Gasteiger partial charge < -0.3 is 9.67 Å². The maximum Gasteiger partial charge on any atom is 0.323 e. The monoisotopic (exact) mass is 502 g/mol. The molecule has 0 saturated carbocycles. The number of imidazole rings is 1. The molecule has 0 aliphatic heterocycles. The maximum atomic E-state index is 13.6. The van der Waals surface area contributed by atoms with Crippen molar-refractivity contribution in [3.8, 4) is 0 Å². The van der Waals surface area contributed by atoms with Gasteiger partial charge in [-0.25, -0.2) is 22.8 Å². The van der Waals surface area contributed by atoms with E-state index in [4.69, 9.17) is 0 Å². The zero-order valence-corrected chi connectivity index (χ0v) is 20.2. The van der Waals surface area contributed by atoms with Gasteiger partial charge in [0.15, 0.2) is 0 Å². The van der Waals surface area contributed by atoms with Crippen LogP contribution in [0.15, 0.2) is 52.7 Å². The summed E-state index contributed by atoms with van der Waals surface area (Å²) >= 11 is 1.42. The van der Waals surface area contributed by atoms with E-state index in [1.807, 2.05) is 13.8 Å². The molecule has 0 aliphatic rings. The first-order valence-electron chi connectivity index (χ1n) is 10.6. The molecule has 0 radical (unpaired) electrons. The normalized spacial score (nSPS) is 11.7. The molecule has 0 atom stereocenters.